The van der Waals surface area contributed by atoms with Crippen molar-refractivity contribution in [3.8, 4) is 0 Å². The van der Waals surface area contributed by atoms with Gasteiger partial charge in [0, 0.05) is 26.2 Å². The Kier molecular flexibility index (Phi) is 13.8. The van der Waals surface area contributed by atoms with Crippen LogP contribution in [-0.4, -0.2) is 26.2 Å². The van der Waals surface area contributed by atoms with Crippen LogP contribution in [0.1, 0.15) is 58.8 Å². The van der Waals surface area contributed by atoms with Crippen molar-refractivity contribution >= 4 is 0 Å². The SMILES string of the molecule is C1CNCCN1.CCCCCCCCC. The third-order valence-electron chi connectivity index (χ3n) is 2.66. The van der Waals surface area contributed by atoms with Gasteiger partial charge in [-0.2, -0.15) is 0 Å². The molecule has 0 spiro atoms. The first-order valence-electron chi connectivity index (χ1n) is 6.83. The van der Waals surface area contributed by atoms with Gasteiger partial charge >= 0.3 is 0 Å². The molecule has 1 aliphatic heterocycles. The van der Waals surface area contributed by atoms with Gasteiger partial charge in [-0.15, -0.1) is 0 Å². The Morgan fingerprint density at radius 3 is 1.20 bits per heavy atom. The summed E-state index contributed by atoms with van der Waals surface area (Å²) in [6, 6.07) is 0. The molecule has 1 saturated heterocycles. The average molecular weight is 214 g/mol. The minimum absolute atomic E-state index is 1.14. The van der Waals surface area contributed by atoms with Crippen LogP contribution >= 0.6 is 0 Å². The van der Waals surface area contributed by atoms with E-state index in [-0.39, 0.29) is 0 Å². The highest BCUT2D eigenvalue weighted by molar-refractivity contribution is 4.59. The Hall–Kier alpha value is -0.0800. The van der Waals surface area contributed by atoms with Gasteiger partial charge in [-0.05, 0) is 0 Å². The molecule has 0 radical (unpaired) electrons. The lowest BCUT2D eigenvalue weighted by atomic mass is 10.1. The quantitative estimate of drug-likeness (QED) is 0.664. The second-order valence-corrected chi connectivity index (χ2v) is 4.27. The Morgan fingerprint density at radius 1 is 0.600 bits per heavy atom. The molecular weight excluding hydrogens is 184 g/mol. The molecule has 92 valence electrons. The van der Waals surface area contributed by atoms with E-state index in [2.05, 4.69) is 24.5 Å². The van der Waals surface area contributed by atoms with Gasteiger partial charge in [0.05, 0.1) is 0 Å². The number of piperazine rings is 1. The van der Waals surface area contributed by atoms with Crippen molar-refractivity contribution in [2.45, 2.75) is 58.8 Å². The standard InChI is InChI=1S/C9H20.C4H10N2/c1-3-5-7-9-8-6-4-2;1-2-6-4-3-5-1/h3-9H2,1-2H3;5-6H,1-4H2. The molecule has 0 aromatic heterocycles. The lowest BCUT2D eigenvalue weighted by Gasteiger charge is -2.11. The number of hydrogen-bond acceptors (Lipinski definition) is 2. The molecule has 0 aliphatic carbocycles. The summed E-state index contributed by atoms with van der Waals surface area (Å²) in [4.78, 5) is 0. The Balaban J connectivity index is 0.000000280. The van der Waals surface area contributed by atoms with E-state index in [0.717, 1.165) is 26.2 Å². The highest BCUT2D eigenvalue weighted by Gasteiger charge is 1.91. The zero-order chi connectivity index (χ0) is 11.2. The van der Waals surface area contributed by atoms with Gasteiger partial charge < -0.3 is 10.6 Å². The maximum Gasteiger partial charge on any atom is 0.00772 e. The van der Waals surface area contributed by atoms with Crippen molar-refractivity contribution in [1.82, 2.24) is 10.6 Å². The second-order valence-electron chi connectivity index (χ2n) is 4.27. The maximum atomic E-state index is 3.22. The molecule has 0 aromatic carbocycles. The lowest BCUT2D eigenvalue weighted by molar-refractivity contribution is 0.534. The summed E-state index contributed by atoms with van der Waals surface area (Å²) < 4.78 is 0. The predicted octanol–water partition coefficient (Wildman–Crippen LogP) is 2.94. The fourth-order valence-corrected chi connectivity index (χ4v) is 1.63. The molecule has 2 heteroatoms. The van der Waals surface area contributed by atoms with Crippen LogP contribution in [0.25, 0.3) is 0 Å². The minimum atomic E-state index is 1.14. The summed E-state index contributed by atoms with van der Waals surface area (Å²) in [7, 11) is 0. The molecule has 0 aromatic rings. The first-order chi connectivity index (χ1) is 7.41. The van der Waals surface area contributed by atoms with Gasteiger partial charge in [-0.3, -0.25) is 0 Å². The molecule has 1 rings (SSSR count). The van der Waals surface area contributed by atoms with Crippen molar-refractivity contribution in [2.24, 2.45) is 0 Å². The lowest BCUT2D eigenvalue weighted by Crippen LogP contribution is -2.39. The second kappa shape index (κ2) is 13.9. The van der Waals surface area contributed by atoms with Crippen molar-refractivity contribution in [3.63, 3.8) is 0 Å². The minimum Gasteiger partial charge on any atom is -0.314 e. The van der Waals surface area contributed by atoms with Gasteiger partial charge in [0.15, 0.2) is 0 Å². The molecule has 1 heterocycles. The number of nitrogens with one attached hydrogen (secondary N) is 2. The number of hydrogen-bond donors (Lipinski definition) is 2. The van der Waals surface area contributed by atoms with E-state index in [1.807, 2.05) is 0 Å². The van der Waals surface area contributed by atoms with E-state index < -0.39 is 0 Å². The van der Waals surface area contributed by atoms with Gasteiger partial charge in [-0.1, -0.05) is 58.8 Å². The van der Waals surface area contributed by atoms with Crippen LogP contribution in [0.2, 0.25) is 0 Å². The molecule has 0 saturated carbocycles. The maximum absolute atomic E-state index is 3.22. The van der Waals surface area contributed by atoms with Gasteiger partial charge in [0.1, 0.15) is 0 Å². The first-order valence-corrected chi connectivity index (χ1v) is 6.83. The van der Waals surface area contributed by atoms with E-state index in [0.29, 0.717) is 0 Å². The van der Waals surface area contributed by atoms with Gasteiger partial charge in [0.2, 0.25) is 0 Å². The molecule has 15 heavy (non-hydrogen) atoms. The smallest absolute Gasteiger partial charge is 0.00772 e. The molecule has 0 amide bonds. The normalized spacial score (nSPS) is 15.6. The zero-order valence-corrected chi connectivity index (χ0v) is 10.8. The van der Waals surface area contributed by atoms with Crippen LogP contribution in [0.4, 0.5) is 0 Å². The van der Waals surface area contributed by atoms with E-state index in [9.17, 15) is 0 Å². The first kappa shape index (κ1) is 14.9. The van der Waals surface area contributed by atoms with Crippen LogP contribution in [0, 0.1) is 0 Å². The zero-order valence-electron chi connectivity index (χ0n) is 10.8. The summed E-state index contributed by atoms with van der Waals surface area (Å²) in [5.41, 5.74) is 0. The van der Waals surface area contributed by atoms with Crippen LogP contribution in [0.3, 0.4) is 0 Å². The van der Waals surface area contributed by atoms with Gasteiger partial charge in [0.25, 0.3) is 0 Å². The van der Waals surface area contributed by atoms with E-state index in [4.69, 9.17) is 0 Å². The van der Waals surface area contributed by atoms with Crippen molar-refractivity contribution < 1.29 is 0 Å². The summed E-state index contributed by atoms with van der Waals surface area (Å²) in [6.07, 6.45) is 9.97. The molecule has 2 nitrogen and oxygen atoms in total. The highest BCUT2D eigenvalue weighted by atomic mass is 15.0. The predicted molar refractivity (Wildman–Crippen MR) is 69.4 cm³/mol. The number of rotatable bonds is 6. The van der Waals surface area contributed by atoms with Crippen LogP contribution in [0.15, 0.2) is 0 Å². The van der Waals surface area contributed by atoms with E-state index >= 15 is 0 Å². The van der Waals surface area contributed by atoms with Crippen molar-refractivity contribution in [2.75, 3.05) is 26.2 Å². The third kappa shape index (κ3) is 13.9. The number of unbranched alkanes of at least 4 members (excludes halogenated alkanes) is 6. The summed E-state index contributed by atoms with van der Waals surface area (Å²) in [6.45, 7) is 9.08. The summed E-state index contributed by atoms with van der Waals surface area (Å²) in [5.74, 6) is 0. The molecule has 0 atom stereocenters. The van der Waals surface area contributed by atoms with E-state index in [1.165, 1.54) is 44.9 Å². The van der Waals surface area contributed by atoms with Gasteiger partial charge in [-0.25, -0.2) is 0 Å². The van der Waals surface area contributed by atoms with Crippen molar-refractivity contribution in [3.05, 3.63) is 0 Å². The molecule has 1 fully saturated rings. The summed E-state index contributed by atoms with van der Waals surface area (Å²) >= 11 is 0. The molecule has 2 N–H and O–H groups in total. The molecule has 1 aliphatic rings. The van der Waals surface area contributed by atoms with Crippen LogP contribution < -0.4 is 10.6 Å². The van der Waals surface area contributed by atoms with Crippen LogP contribution in [-0.2, 0) is 0 Å². The third-order valence-corrected chi connectivity index (χ3v) is 2.66. The van der Waals surface area contributed by atoms with E-state index in [1.54, 1.807) is 0 Å². The fraction of sp³-hybridized carbons (Fsp3) is 1.00. The highest BCUT2D eigenvalue weighted by Crippen LogP contribution is 2.05. The monoisotopic (exact) mass is 214 g/mol. The summed E-state index contributed by atoms with van der Waals surface area (Å²) in [5, 5.41) is 6.44. The van der Waals surface area contributed by atoms with Crippen molar-refractivity contribution in [1.29, 1.82) is 0 Å². The Labute approximate surface area is 96.2 Å². The Bertz CT molecular complexity index is 83.2. The molecule has 0 bridgehead atoms. The topological polar surface area (TPSA) is 24.1 Å². The largest absolute Gasteiger partial charge is 0.314 e. The average Bonchev–Trinajstić information content (AvgIpc) is 2.32. The molecule has 0 unspecified atom stereocenters. The Morgan fingerprint density at radius 2 is 0.933 bits per heavy atom. The van der Waals surface area contributed by atoms with Crippen LogP contribution in [0.5, 0.6) is 0 Å². The fourth-order valence-electron chi connectivity index (χ4n) is 1.63. The molecular formula is C13H30N2.